The molecule has 0 saturated heterocycles. The minimum atomic E-state index is 0.566. The quantitative estimate of drug-likeness (QED) is 0.842. The Morgan fingerprint density at radius 1 is 1.22 bits per heavy atom. The van der Waals surface area contributed by atoms with Gasteiger partial charge in [-0.15, -0.1) is 0 Å². The molecule has 0 fully saturated rings. The normalized spacial score (nSPS) is 9.89. The van der Waals surface area contributed by atoms with E-state index in [0.29, 0.717) is 16.3 Å². The van der Waals surface area contributed by atoms with Crippen molar-refractivity contribution >= 4 is 38.9 Å². The SMILES string of the molecule is Cc1ccc(Nc2cc(Cl)ccc2C#N)cc1Br. The van der Waals surface area contributed by atoms with Gasteiger partial charge in [-0.2, -0.15) is 5.26 Å². The second-order valence-corrected chi connectivity index (χ2v) is 5.18. The summed E-state index contributed by atoms with van der Waals surface area (Å²) in [6.45, 7) is 2.02. The molecule has 18 heavy (non-hydrogen) atoms. The van der Waals surface area contributed by atoms with E-state index in [1.807, 2.05) is 25.1 Å². The number of nitrogens with one attached hydrogen (secondary N) is 1. The van der Waals surface area contributed by atoms with E-state index in [4.69, 9.17) is 16.9 Å². The van der Waals surface area contributed by atoms with Crippen molar-refractivity contribution in [2.75, 3.05) is 5.32 Å². The summed E-state index contributed by atoms with van der Waals surface area (Å²) in [4.78, 5) is 0. The molecule has 0 bridgehead atoms. The molecule has 2 aromatic carbocycles. The molecule has 0 unspecified atom stereocenters. The van der Waals surface area contributed by atoms with E-state index < -0.39 is 0 Å². The molecule has 0 radical (unpaired) electrons. The van der Waals surface area contributed by atoms with Gasteiger partial charge < -0.3 is 5.32 Å². The van der Waals surface area contributed by atoms with Gasteiger partial charge in [-0.05, 0) is 42.8 Å². The first-order chi connectivity index (χ1) is 8.60. The van der Waals surface area contributed by atoms with Crippen molar-refractivity contribution in [1.82, 2.24) is 0 Å². The highest BCUT2D eigenvalue weighted by molar-refractivity contribution is 9.10. The van der Waals surface area contributed by atoms with Crippen LogP contribution in [0.4, 0.5) is 11.4 Å². The molecule has 2 nitrogen and oxygen atoms in total. The van der Waals surface area contributed by atoms with Crippen molar-refractivity contribution in [3.8, 4) is 6.07 Å². The summed E-state index contributed by atoms with van der Waals surface area (Å²) in [5.41, 5.74) is 3.34. The van der Waals surface area contributed by atoms with Gasteiger partial charge in [-0.3, -0.25) is 0 Å². The molecule has 0 aliphatic rings. The zero-order chi connectivity index (χ0) is 13.1. The molecule has 0 spiro atoms. The molecule has 2 rings (SSSR count). The minimum absolute atomic E-state index is 0.566. The van der Waals surface area contributed by atoms with Crippen LogP contribution in [0, 0.1) is 18.3 Å². The number of benzene rings is 2. The third kappa shape index (κ3) is 2.84. The first-order valence-electron chi connectivity index (χ1n) is 5.33. The Kier molecular flexibility index (Phi) is 3.90. The van der Waals surface area contributed by atoms with Crippen LogP contribution in [0.5, 0.6) is 0 Å². The highest BCUT2D eigenvalue weighted by atomic mass is 79.9. The predicted molar refractivity (Wildman–Crippen MR) is 78.3 cm³/mol. The zero-order valence-corrected chi connectivity index (χ0v) is 12.0. The molecule has 2 aromatic rings. The van der Waals surface area contributed by atoms with E-state index >= 15 is 0 Å². The van der Waals surface area contributed by atoms with E-state index in [9.17, 15) is 0 Å². The fourth-order valence-electron chi connectivity index (χ4n) is 1.54. The summed E-state index contributed by atoms with van der Waals surface area (Å²) in [6, 6.07) is 13.2. The molecule has 4 heteroatoms. The maximum absolute atomic E-state index is 9.04. The Morgan fingerprint density at radius 3 is 2.67 bits per heavy atom. The summed E-state index contributed by atoms with van der Waals surface area (Å²) < 4.78 is 1.02. The number of rotatable bonds is 2. The number of hydrogen-bond acceptors (Lipinski definition) is 2. The Morgan fingerprint density at radius 2 is 2.00 bits per heavy atom. The number of nitrogens with zero attached hydrogens (tertiary/aromatic N) is 1. The Bertz CT molecular complexity index is 632. The van der Waals surface area contributed by atoms with Crippen molar-refractivity contribution in [1.29, 1.82) is 5.26 Å². The van der Waals surface area contributed by atoms with Gasteiger partial charge in [0.05, 0.1) is 11.3 Å². The van der Waals surface area contributed by atoms with Crippen LogP contribution >= 0.6 is 27.5 Å². The lowest BCUT2D eigenvalue weighted by atomic mass is 10.1. The van der Waals surface area contributed by atoms with Gasteiger partial charge in [0.25, 0.3) is 0 Å². The molecular weight excluding hydrogens is 312 g/mol. The summed E-state index contributed by atoms with van der Waals surface area (Å²) in [5.74, 6) is 0. The smallest absolute Gasteiger partial charge is 0.101 e. The van der Waals surface area contributed by atoms with Gasteiger partial charge in [0.2, 0.25) is 0 Å². The highest BCUT2D eigenvalue weighted by Crippen LogP contribution is 2.27. The average molecular weight is 322 g/mol. The number of hydrogen-bond donors (Lipinski definition) is 1. The second-order valence-electron chi connectivity index (χ2n) is 3.89. The van der Waals surface area contributed by atoms with Crippen LogP contribution in [-0.2, 0) is 0 Å². The van der Waals surface area contributed by atoms with E-state index in [1.165, 1.54) is 0 Å². The van der Waals surface area contributed by atoms with Crippen molar-refractivity contribution in [3.05, 3.63) is 57.0 Å². The Hall–Kier alpha value is -1.50. The van der Waals surface area contributed by atoms with Crippen molar-refractivity contribution < 1.29 is 0 Å². The lowest BCUT2D eigenvalue weighted by Gasteiger charge is -2.10. The standard InChI is InChI=1S/C14H10BrClN2/c1-9-2-5-12(7-13(9)15)18-14-6-11(16)4-3-10(14)8-17/h2-7,18H,1H3. The molecule has 0 heterocycles. The summed E-state index contributed by atoms with van der Waals surface area (Å²) in [7, 11) is 0. The van der Waals surface area contributed by atoms with Crippen LogP contribution in [0.1, 0.15) is 11.1 Å². The van der Waals surface area contributed by atoms with E-state index in [1.54, 1.807) is 18.2 Å². The minimum Gasteiger partial charge on any atom is -0.354 e. The predicted octanol–water partition coefficient (Wildman–Crippen LogP) is 5.03. The second kappa shape index (κ2) is 5.43. The number of halogens is 2. The molecule has 0 aliphatic heterocycles. The largest absolute Gasteiger partial charge is 0.354 e. The molecule has 90 valence electrons. The van der Waals surface area contributed by atoms with Gasteiger partial charge in [0.1, 0.15) is 6.07 Å². The highest BCUT2D eigenvalue weighted by Gasteiger charge is 2.04. The molecule has 0 amide bonds. The fraction of sp³-hybridized carbons (Fsp3) is 0.0714. The third-order valence-corrected chi connectivity index (χ3v) is 3.64. The van der Waals surface area contributed by atoms with Crippen LogP contribution in [0.2, 0.25) is 5.02 Å². The Balaban J connectivity index is 2.36. The van der Waals surface area contributed by atoms with Crippen molar-refractivity contribution in [2.45, 2.75) is 6.92 Å². The van der Waals surface area contributed by atoms with Crippen LogP contribution in [0.15, 0.2) is 40.9 Å². The molecule has 0 aliphatic carbocycles. The van der Waals surface area contributed by atoms with Crippen LogP contribution < -0.4 is 5.32 Å². The number of anilines is 2. The zero-order valence-electron chi connectivity index (χ0n) is 9.67. The summed E-state index contributed by atoms with van der Waals surface area (Å²) in [5, 5.41) is 12.8. The number of aryl methyl sites for hydroxylation is 1. The first-order valence-corrected chi connectivity index (χ1v) is 6.50. The third-order valence-electron chi connectivity index (χ3n) is 2.55. The fourth-order valence-corrected chi connectivity index (χ4v) is 2.09. The Labute approximate surface area is 119 Å². The lowest BCUT2D eigenvalue weighted by molar-refractivity contribution is 1.41. The van der Waals surface area contributed by atoms with Crippen molar-refractivity contribution in [3.63, 3.8) is 0 Å². The first kappa shape index (κ1) is 12.9. The average Bonchev–Trinajstić information content (AvgIpc) is 2.34. The van der Waals surface area contributed by atoms with E-state index in [2.05, 4.69) is 27.3 Å². The van der Waals surface area contributed by atoms with Gasteiger partial charge in [0, 0.05) is 15.2 Å². The van der Waals surface area contributed by atoms with Gasteiger partial charge in [0.15, 0.2) is 0 Å². The monoisotopic (exact) mass is 320 g/mol. The summed E-state index contributed by atoms with van der Waals surface area (Å²) >= 11 is 9.42. The topological polar surface area (TPSA) is 35.8 Å². The molecule has 0 saturated carbocycles. The van der Waals surface area contributed by atoms with Gasteiger partial charge >= 0.3 is 0 Å². The van der Waals surface area contributed by atoms with Crippen molar-refractivity contribution in [2.24, 2.45) is 0 Å². The molecule has 1 N–H and O–H groups in total. The van der Waals surface area contributed by atoms with E-state index in [0.717, 1.165) is 15.7 Å². The van der Waals surface area contributed by atoms with E-state index in [-0.39, 0.29) is 0 Å². The summed E-state index contributed by atoms with van der Waals surface area (Å²) in [6.07, 6.45) is 0. The maximum Gasteiger partial charge on any atom is 0.101 e. The number of nitriles is 1. The lowest BCUT2D eigenvalue weighted by Crippen LogP contribution is -1.94. The molecule has 0 aromatic heterocycles. The molecular formula is C14H10BrClN2. The van der Waals surface area contributed by atoms with Gasteiger partial charge in [-0.1, -0.05) is 33.6 Å². The maximum atomic E-state index is 9.04. The van der Waals surface area contributed by atoms with Crippen LogP contribution in [0.3, 0.4) is 0 Å². The van der Waals surface area contributed by atoms with Crippen LogP contribution in [0.25, 0.3) is 0 Å². The van der Waals surface area contributed by atoms with Gasteiger partial charge in [-0.25, -0.2) is 0 Å². The van der Waals surface area contributed by atoms with Crippen LogP contribution in [-0.4, -0.2) is 0 Å². The molecule has 0 atom stereocenters.